The number of Topliss-reactive ketones (excluding diaryl/α,β-unsaturated/α-hetero) is 1. The lowest BCUT2D eigenvalue weighted by atomic mass is 9.74. The summed E-state index contributed by atoms with van der Waals surface area (Å²) in [5.41, 5.74) is 0.0672. The molecule has 5 heteroatoms. The highest BCUT2D eigenvalue weighted by Gasteiger charge is 2.68. The molecule has 0 radical (unpaired) electrons. The Labute approximate surface area is 218 Å². The van der Waals surface area contributed by atoms with Crippen LogP contribution in [0.2, 0.25) is 0 Å². The average molecular weight is 507 g/mol. The number of carbonyl (C=O) groups is 3. The third-order valence-electron chi connectivity index (χ3n) is 7.24. The van der Waals surface area contributed by atoms with Crippen molar-refractivity contribution in [3.63, 3.8) is 0 Å². The summed E-state index contributed by atoms with van der Waals surface area (Å²) in [5, 5.41) is 2.66. The first kappa shape index (κ1) is 24.8. The fourth-order valence-corrected chi connectivity index (χ4v) is 9.69. The van der Waals surface area contributed by atoms with Gasteiger partial charge in [-0.2, -0.15) is 0 Å². The lowest BCUT2D eigenvalue weighted by Gasteiger charge is -2.34. The molecule has 4 nitrogen and oxygen atoms in total. The van der Waals surface area contributed by atoms with Gasteiger partial charge in [0.15, 0.2) is 5.78 Å². The van der Waals surface area contributed by atoms with Crippen LogP contribution in [0.5, 0.6) is 0 Å². The Balaban J connectivity index is 1.85. The highest BCUT2D eigenvalue weighted by molar-refractivity contribution is 7.94. The van der Waals surface area contributed by atoms with Gasteiger partial charge in [0.1, 0.15) is 21.3 Å². The normalized spacial score (nSPS) is 17.7. The predicted molar refractivity (Wildman–Crippen MR) is 150 cm³/mol. The van der Waals surface area contributed by atoms with Crippen LogP contribution >= 0.6 is 7.41 Å². The van der Waals surface area contributed by atoms with Crippen molar-refractivity contribution >= 4 is 40.9 Å². The third kappa shape index (κ3) is 3.84. The molecule has 1 atom stereocenters. The molecule has 5 rings (SSSR count). The van der Waals surface area contributed by atoms with Crippen LogP contribution in [0.1, 0.15) is 30.9 Å². The second-order valence-corrected chi connectivity index (χ2v) is 12.6. The molecule has 1 aliphatic heterocycles. The third-order valence-corrected chi connectivity index (χ3v) is 11.4. The van der Waals surface area contributed by atoms with Gasteiger partial charge < -0.3 is 0 Å². The van der Waals surface area contributed by atoms with Gasteiger partial charge in [0, 0.05) is 6.42 Å². The summed E-state index contributed by atoms with van der Waals surface area (Å²) in [5.74, 6) is -0.986. The highest BCUT2D eigenvalue weighted by Crippen LogP contribution is 2.62. The molecule has 0 saturated carbocycles. The molecule has 0 N–H and O–H groups in total. The Morgan fingerprint density at radius 2 is 1.16 bits per heavy atom. The molecule has 1 saturated heterocycles. The van der Waals surface area contributed by atoms with Crippen molar-refractivity contribution in [2.75, 3.05) is 0 Å². The summed E-state index contributed by atoms with van der Waals surface area (Å²) >= 11 is 0. The van der Waals surface area contributed by atoms with E-state index in [9.17, 15) is 14.4 Å². The summed E-state index contributed by atoms with van der Waals surface area (Å²) < 4.78 is 1.47. The summed E-state index contributed by atoms with van der Waals surface area (Å²) in [4.78, 5) is 42.7. The van der Waals surface area contributed by atoms with E-state index in [0.29, 0.717) is 5.56 Å². The molecule has 1 unspecified atom stereocenters. The van der Waals surface area contributed by atoms with E-state index < -0.39 is 18.7 Å². The number of hydrogen-bond donors (Lipinski definition) is 0. The first-order valence-electron chi connectivity index (χ1n) is 12.5. The van der Waals surface area contributed by atoms with Crippen molar-refractivity contribution in [1.29, 1.82) is 0 Å². The van der Waals surface area contributed by atoms with Gasteiger partial charge in [-0.05, 0) is 48.9 Å². The van der Waals surface area contributed by atoms with Crippen LogP contribution in [-0.2, 0) is 19.8 Å². The van der Waals surface area contributed by atoms with E-state index in [1.54, 1.807) is 6.92 Å². The zero-order chi connectivity index (χ0) is 26.0. The van der Waals surface area contributed by atoms with Gasteiger partial charge in [-0.15, -0.1) is 4.67 Å². The van der Waals surface area contributed by atoms with E-state index in [1.165, 1.54) is 4.67 Å². The number of hydrogen-bond acceptors (Lipinski definition) is 3. The quantitative estimate of drug-likeness (QED) is 0.204. The largest absolute Gasteiger partial charge is 0.298 e. The minimum absolute atomic E-state index is 0.161. The number of imide groups is 1. The van der Waals surface area contributed by atoms with Crippen LogP contribution in [0.4, 0.5) is 0 Å². The lowest BCUT2D eigenvalue weighted by molar-refractivity contribution is -0.137. The highest BCUT2D eigenvalue weighted by atomic mass is 31.2. The molecule has 1 aliphatic rings. The predicted octanol–water partition coefficient (Wildman–Crippen LogP) is 4.88. The number of aryl methyl sites for hydroxylation is 1. The Bertz CT molecular complexity index is 1340. The van der Waals surface area contributed by atoms with Gasteiger partial charge >= 0.3 is 0 Å². The first-order valence-corrected chi connectivity index (χ1v) is 14.2. The van der Waals surface area contributed by atoms with Crippen molar-refractivity contribution in [2.45, 2.75) is 32.1 Å². The molecule has 4 aromatic rings. The van der Waals surface area contributed by atoms with Gasteiger partial charge in [0.2, 0.25) is 7.41 Å². The summed E-state index contributed by atoms with van der Waals surface area (Å²) in [6.45, 7) is 3.72. The number of ketones is 1. The first-order chi connectivity index (χ1) is 18.0. The Morgan fingerprint density at radius 1 is 0.730 bits per heavy atom. The van der Waals surface area contributed by atoms with Gasteiger partial charge in [-0.25, -0.2) is 0 Å². The minimum atomic E-state index is -2.99. The van der Waals surface area contributed by atoms with Gasteiger partial charge in [-0.1, -0.05) is 91.3 Å². The van der Waals surface area contributed by atoms with Crippen LogP contribution in [0.25, 0.3) is 0 Å². The van der Waals surface area contributed by atoms with E-state index in [4.69, 9.17) is 0 Å². The molecule has 0 bridgehead atoms. The molecule has 1 heterocycles. The number of benzene rings is 4. The number of carbonyl (C=O) groups excluding carboxylic acids is 3. The summed E-state index contributed by atoms with van der Waals surface area (Å²) in [6.07, 6.45) is -0.00991. The maximum absolute atomic E-state index is 14.8. The molecule has 184 valence electrons. The number of nitrogens with zero attached hydrogens (tertiary/aromatic N) is 1. The van der Waals surface area contributed by atoms with Crippen LogP contribution < -0.4 is 15.9 Å². The van der Waals surface area contributed by atoms with Crippen LogP contribution in [0, 0.1) is 6.92 Å². The van der Waals surface area contributed by atoms with Crippen molar-refractivity contribution in [3.8, 4) is 0 Å². The minimum Gasteiger partial charge on any atom is -0.298 e. The van der Waals surface area contributed by atoms with E-state index in [1.807, 2.05) is 122 Å². The van der Waals surface area contributed by atoms with Crippen LogP contribution in [0.15, 0.2) is 115 Å². The second kappa shape index (κ2) is 9.88. The smallest absolute Gasteiger partial charge is 0.281 e. The fourth-order valence-electron chi connectivity index (χ4n) is 5.44. The van der Waals surface area contributed by atoms with Crippen LogP contribution in [0.3, 0.4) is 0 Å². The molecule has 1 fully saturated rings. The maximum Gasteiger partial charge on any atom is 0.281 e. The van der Waals surface area contributed by atoms with Crippen LogP contribution in [-0.4, -0.2) is 22.3 Å². The van der Waals surface area contributed by atoms with E-state index in [2.05, 4.69) is 0 Å². The zero-order valence-corrected chi connectivity index (χ0v) is 21.9. The van der Waals surface area contributed by atoms with E-state index in [0.717, 1.165) is 21.5 Å². The van der Waals surface area contributed by atoms with Crippen molar-refractivity contribution < 1.29 is 14.4 Å². The zero-order valence-electron chi connectivity index (χ0n) is 21.0. The van der Waals surface area contributed by atoms with Crippen molar-refractivity contribution in [2.24, 2.45) is 0 Å². The molecule has 4 aromatic carbocycles. The Morgan fingerprint density at radius 3 is 1.57 bits per heavy atom. The summed E-state index contributed by atoms with van der Waals surface area (Å²) in [7, 11) is -2.99. The molecule has 2 amide bonds. The Hall–Kier alpha value is -3.88. The van der Waals surface area contributed by atoms with Crippen molar-refractivity contribution in [1.82, 2.24) is 4.67 Å². The lowest BCUT2D eigenvalue weighted by Crippen LogP contribution is -2.50. The monoisotopic (exact) mass is 506 g/mol. The Kier molecular flexibility index (Phi) is 6.62. The number of amides is 2. The standard InChI is InChI=1S/C32H29NO3P/c1-3-29(34)32(25-21-19-24(2)20-22-25)23-30(35)33(31(32)36)37(26-13-7-4-8-14-26,27-15-9-5-10-16-27)28-17-11-6-12-18-28/h4-22H,3,23H2,1-2H3/q+1. The fraction of sp³-hybridized carbons (Fsp3) is 0.156. The molecule has 37 heavy (non-hydrogen) atoms. The average Bonchev–Trinajstić information content (AvgIpc) is 3.22. The van der Waals surface area contributed by atoms with E-state index in [-0.39, 0.29) is 24.5 Å². The van der Waals surface area contributed by atoms with Gasteiger partial charge in [-0.3, -0.25) is 14.4 Å². The molecular weight excluding hydrogens is 477 g/mol. The molecule has 0 aliphatic carbocycles. The molecule has 0 spiro atoms. The summed E-state index contributed by atoms with van der Waals surface area (Å²) in [6, 6.07) is 36.8. The van der Waals surface area contributed by atoms with Crippen molar-refractivity contribution in [3.05, 3.63) is 126 Å². The topological polar surface area (TPSA) is 54.5 Å². The van der Waals surface area contributed by atoms with Gasteiger partial charge in [0.25, 0.3) is 11.8 Å². The molecule has 0 aromatic heterocycles. The van der Waals surface area contributed by atoms with Gasteiger partial charge in [0.05, 0.1) is 6.42 Å². The maximum atomic E-state index is 14.8. The molecular formula is C32H29NO3P+. The SMILES string of the molecule is CCC(=O)C1(c2ccc(C)cc2)CC(=O)N([P+](c2ccccc2)(c2ccccc2)c2ccccc2)C1=O. The van der Waals surface area contributed by atoms with E-state index >= 15 is 0 Å². The number of rotatable bonds is 7. The second-order valence-electron chi connectivity index (χ2n) is 9.38.